The second kappa shape index (κ2) is 16.3. The molecule has 2 aliphatic rings. The van der Waals surface area contributed by atoms with Crippen LogP contribution in [-0.2, 0) is 19.1 Å². The Labute approximate surface area is 316 Å². The van der Waals surface area contributed by atoms with Gasteiger partial charge in [-0.05, 0) is 54.0 Å². The third-order valence-electron chi connectivity index (χ3n) is 10.5. The number of amides is 4. The van der Waals surface area contributed by atoms with Crippen molar-refractivity contribution < 1.29 is 28.7 Å². The summed E-state index contributed by atoms with van der Waals surface area (Å²) in [6, 6.07) is 15.7. The number of ether oxygens (including phenoxy) is 2. The van der Waals surface area contributed by atoms with E-state index < -0.39 is 32.3 Å². The van der Waals surface area contributed by atoms with E-state index in [1.165, 1.54) is 14.2 Å². The highest BCUT2D eigenvalue weighted by Gasteiger charge is 2.45. The summed E-state index contributed by atoms with van der Waals surface area (Å²) >= 11 is 0. The highest BCUT2D eigenvalue weighted by molar-refractivity contribution is 6.78. The van der Waals surface area contributed by atoms with Crippen LogP contribution in [0.5, 0.6) is 0 Å². The van der Waals surface area contributed by atoms with E-state index in [0.29, 0.717) is 25.6 Å². The molecular weight excluding hydrogens is 705 g/mol. The monoisotopic (exact) mass is 754 g/mol. The molecule has 4 aromatic rings. The fourth-order valence-electron chi connectivity index (χ4n) is 7.53. The molecule has 4 N–H and O–H groups in total. The molecule has 0 spiro atoms. The second-order valence-electron chi connectivity index (χ2n) is 14.8. The minimum absolute atomic E-state index is 0.115. The van der Waals surface area contributed by atoms with Crippen molar-refractivity contribution in [1.29, 1.82) is 0 Å². The standard InChI is InChI=1S/C39H50N8O6Si/c1-7-28(44-38(50)52-3)36(48)46-19-9-10-32(46)34-40-20-30(42-34)26-15-11-24(12-16-26)25-13-17-27(18-14-25)31-21-41-35(43-31)33-22-54(5,6)23-47(33)37(49)29(8-2)45-39(51)53-4/h11-18,20-21,28-29,32-33H,7-10,19,22-23H2,1-6H3,(H,40,42)(H,41,43)(H,44,50)(H,45,51)/t28-,29-,32-,33-/m0/s1. The van der Waals surface area contributed by atoms with Gasteiger partial charge in [-0.3, -0.25) is 9.59 Å². The van der Waals surface area contributed by atoms with Crippen molar-refractivity contribution in [2.45, 2.75) is 82.8 Å². The Balaban J connectivity index is 1.12. The number of imidazole rings is 2. The Morgan fingerprint density at radius 1 is 0.741 bits per heavy atom. The average molecular weight is 755 g/mol. The van der Waals surface area contributed by atoms with E-state index >= 15 is 0 Å². The fraction of sp³-hybridized carbons (Fsp3) is 0.436. The van der Waals surface area contributed by atoms with Gasteiger partial charge < -0.3 is 39.9 Å². The van der Waals surface area contributed by atoms with E-state index in [1.54, 1.807) is 11.1 Å². The van der Waals surface area contributed by atoms with Crippen LogP contribution in [0.25, 0.3) is 33.6 Å². The molecule has 14 nitrogen and oxygen atoms in total. The smallest absolute Gasteiger partial charge is 0.407 e. The van der Waals surface area contributed by atoms with Gasteiger partial charge >= 0.3 is 12.2 Å². The summed E-state index contributed by atoms with van der Waals surface area (Å²) in [5.74, 6) is 1.22. The van der Waals surface area contributed by atoms with E-state index in [4.69, 9.17) is 14.5 Å². The Morgan fingerprint density at radius 2 is 1.19 bits per heavy atom. The van der Waals surface area contributed by atoms with E-state index in [-0.39, 0.29) is 23.9 Å². The van der Waals surface area contributed by atoms with Gasteiger partial charge in [-0.1, -0.05) is 75.5 Å². The lowest BCUT2D eigenvalue weighted by Gasteiger charge is -2.28. The molecule has 0 unspecified atom stereocenters. The summed E-state index contributed by atoms with van der Waals surface area (Å²) in [6.45, 7) is 8.88. The number of hydrogen-bond acceptors (Lipinski definition) is 8. The first-order chi connectivity index (χ1) is 25.9. The first-order valence-electron chi connectivity index (χ1n) is 18.6. The number of carbonyl (C=O) groups excluding carboxylic acids is 4. The maximum atomic E-state index is 13.6. The molecule has 4 atom stereocenters. The minimum atomic E-state index is -1.72. The van der Waals surface area contributed by atoms with Crippen LogP contribution in [0.4, 0.5) is 9.59 Å². The molecule has 0 bridgehead atoms. The molecule has 54 heavy (non-hydrogen) atoms. The SMILES string of the molecule is CC[C@H](NC(=O)OC)C(=O)N1CCC[C@H]1c1ncc(-c2ccc(-c3ccc(-c4cnc([C@@H]5C[Si](C)(C)CN5C(=O)[C@H](CC)NC(=O)OC)[nH]4)cc3)cc2)[nH]1. The summed E-state index contributed by atoms with van der Waals surface area (Å²) in [7, 11) is 0.862. The maximum absolute atomic E-state index is 13.6. The Bertz CT molecular complexity index is 1960. The highest BCUT2D eigenvalue weighted by atomic mass is 28.3. The van der Waals surface area contributed by atoms with E-state index in [2.05, 4.69) is 87.2 Å². The number of nitrogens with zero attached hydrogens (tertiary/aromatic N) is 4. The van der Waals surface area contributed by atoms with Gasteiger partial charge in [-0.2, -0.15) is 0 Å². The van der Waals surface area contributed by atoms with Gasteiger partial charge in [0.05, 0.1) is 58.2 Å². The maximum Gasteiger partial charge on any atom is 0.407 e. The van der Waals surface area contributed by atoms with Crippen molar-refractivity contribution in [2.75, 3.05) is 26.9 Å². The van der Waals surface area contributed by atoms with Crippen LogP contribution in [0.2, 0.25) is 19.1 Å². The zero-order chi connectivity index (χ0) is 38.6. The third kappa shape index (κ3) is 8.20. The van der Waals surface area contributed by atoms with Crippen molar-refractivity contribution in [3.63, 3.8) is 0 Å². The Kier molecular flexibility index (Phi) is 11.5. The first-order valence-corrected chi connectivity index (χ1v) is 22.0. The Morgan fingerprint density at radius 3 is 1.65 bits per heavy atom. The number of H-pyrrole nitrogens is 2. The minimum Gasteiger partial charge on any atom is -0.453 e. The number of benzene rings is 2. The lowest BCUT2D eigenvalue weighted by molar-refractivity contribution is -0.135. The quantitative estimate of drug-likeness (QED) is 0.131. The summed E-state index contributed by atoms with van der Waals surface area (Å²) in [5, 5.41) is 5.33. The predicted molar refractivity (Wildman–Crippen MR) is 207 cm³/mol. The van der Waals surface area contributed by atoms with Crippen molar-refractivity contribution in [3.8, 4) is 33.6 Å². The van der Waals surface area contributed by atoms with Crippen molar-refractivity contribution in [2.24, 2.45) is 0 Å². The molecule has 15 heteroatoms. The van der Waals surface area contributed by atoms with Gasteiger partial charge in [0.1, 0.15) is 23.7 Å². The molecule has 2 saturated heterocycles. The second-order valence-corrected chi connectivity index (χ2v) is 19.8. The molecule has 4 amide bonds. The van der Waals surface area contributed by atoms with Crippen molar-refractivity contribution >= 4 is 32.1 Å². The number of aromatic nitrogens is 4. The topological polar surface area (TPSA) is 175 Å². The van der Waals surface area contributed by atoms with Gasteiger partial charge in [0, 0.05) is 12.7 Å². The number of aromatic amines is 2. The largest absolute Gasteiger partial charge is 0.453 e. The number of likely N-dealkylation sites (tertiary alicyclic amines) is 1. The molecule has 2 aliphatic heterocycles. The third-order valence-corrected chi connectivity index (χ3v) is 13.1. The van der Waals surface area contributed by atoms with Crippen LogP contribution in [-0.4, -0.2) is 101 Å². The van der Waals surface area contributed by atoms with Crippen LogP contribution >= 0.6 is 0 Å². The number of alkyl carbamates (subject to hydrolysis) is 2. The molecule has 0 radical (unpaired) electrons. The molecule has 2 fully saturated rings. The lowest BCUT2D eigenvalue weighted by atomic mass is 10.0. The number of methoxy groups -OCH3 is 2. The zero-order valence-corrected chi connectivity index (χ0v) is 32.8. The highest BCUT2D eigenvalue weighted by Crippen LogP contribution is 2.38. The van der Waals surface area contributed by atoms with Gasteiger partial charge in [-0.25, -0.2) is 19.6 Å². The normalized spacial score (nSPS) is 18.9. The number of hydrogen-bond donors (Lipinski definition) is 4. The van der Waals surface area contributed by atoms with Crippen LogP contribution in [0.3, 0.4) is 0 Å². The molecule has 286 valence electrons. The average Bonchev–Trinajstić information content (AvgIpc) is 4.02. The number of rotatable bonds is 11. The first kappa shape index (κ1) is 38.3. The number of carbonyl (C=O) groups is 4. The van der Waals surface area contributed by atoms with Crippen LogP contribution in [0.15, 0.2) is 60.9 Å². The van der Waals surface area contributed by atoms with Crippen molar-refractivity contribution in [1.82, 2.24) is 40.4 Å². The van der Waals surface area contributed by atoms with Gasteiger partial charge in [0.25, 0.3) is 0 Å². The lowest BCUT2D eigenvalue weighted by Crippen LogP contribution is -2.49. The molecule has 0 aliphatic carbocycles. The molecular formula is C39H50N8O6Si. The van der Waals surface area contributed by atoms with Gasteiger partial charge in [-0.15, -0.1) is 0 Å². The molecule has 0 saturated carbocycles. The zero-order valence-electron chi connectivity index (χ0n) is 31.8. The summed E-state index contributed by atoms with van der Waals surface area (Å²) in [6.07, 6.45) is 5.64. The fourth-order valence-corrected chi connectivity index (χ4v) is 10.4. The van der Waals surface area contributed by atoms with E-state index in [9.17, 15) is 19.2 Å². The number of nitrogens with one attached hydrogen (secondary N) is 4. The molecule has 6 rings (SSSR count). The van der Waals surface area contributed by atoms with Gasteiger partial charge in [0.15, 0.2) is 0 Å². The predicted octanol–water partition coefficient (Wildman–Crippen LogP) is 6.20. The molecule has 2 aromatic carbocycles. The summed E-state index contributed by atoms with van der Waals surface area (Å²) < 4.78 is 9.45. The molecule has 2 aromatic heterocycles. The van der Waals surface area contributed by atoms with E-state index in [1.807, 2.05) is 24.9 Å². The van der Waals surface area contributed by atoms with E-state index in [0.717, 1.165) is 64.2 Å². The molecule has 4 heterocycles. The summed E-state index contributed by atoms with van der Waals surface area (Å²) in [5.41, 5.74) is 5.81. The summed E-state index contributed by atoms with van der Waals surface area (Å²) in [4.78, 5) is 70.6. The van der Waals surface area contributed by atoms with Crippen LogP contribution in [0.1, 0.15) is 63.3 Å². The Hall–Kier alpha value is -5.44. The van der Waals surface area contributed by atoms with Gasteiger partial charge in [0.2, 0.25) is 11.8 Å². The van der Waals surface area contributed by atoms with Crippen molar-refractivity contribution in [3.05, 3.63) is 72.6 Å². The van der Waals surface area contributed by atoms with Crippen LogP contribution in [0, 0.1) is 0 Å². The van der Waals surface area contributed by atoms with Crippen LogP contribution < -0.4 is 10.6 Å².